The summed E-state index contributed by atoms with van der Waals surface area (Å²) < 4.78 is 13.2. The van der Waals surface area contributed by atoms with Crippen LogP contribution >= 0.6 is 22.6 Å². The normalized spacial score (nSPS) is 26.2. The molecule has 1 aliphatic heterocycles. The van der Waals surface area contributed by atoms with Crippen molar-refractivity contribution in [2.24, 2.45) is 0 Å². The number of alkyl halides is 1. The second-order valence-corrected chi connectivity index (χ2v) is 13.5. The lowest BCUT2D eigenvalue weighted by Gasteiger charge is -2.47. The van der Waals surface area contributed by atoms with Crippen LogP contribution in [-0.4, -0.2) is 47.6 Å². The van der Waals surface area contributed by atoms with Crippen LogP contribution in [0.15, 0.2) is 60.7 Å². The molecule has 1 saturated heterocycles. The smallest absolute Gasteiger partial charge is 0.261 e. The summed E-state index contributed by atoms with van der Waals surface area (Å²) >= 11 is 2.17. The van der Waals surface area contributed by atoms with Gasteiger partial charge in [-0.3, -0.25) is 0 Å². The molecule has 0 spiro atoms. The van der Waals surface area contributed by atoms with Crippen LogP contribution in [0.4, 0.5) is 0 Å². The average molecular weight is 512 g/mol. The molecule has 6 heteroatoms. The summed E-state index contributed by atoms with van der Waals surface area (Å²) in [7, 11) is -2.79. The van der Waals surface area contributed by atoms with Gasteiger partial charge in [-0.05, 0) is 15.4 Å². The Bertz CT molecular complexity index is 711. The molecule has 2 N–H and O–H groups in total. The molecule has 4 atom stereocenters. The van der Waals surface area contributed by atoms with Gasteiger partial charge in [0.15, 0.2) is 6.29 Å². The lowest BCUT2D eigenvalue weighted by atomic mass is 10.0. The number of benzene rings is 2. The lowest BCUT2D eigenvalue weighted by Crippen LogP contribution is -2.69. The van der Waals surface area contributed by atoms with Crippen molar-refractivity contribution >= 4 is 41.3 Å². The summed E-state index contributed by atoms with van der Waals surface area (Å²) in [6, 6.07) is 20.6. The van der Waals surface area contributed by atoms with Crippen LogP contribution < -0.4 is 10.4 Å². The summed E-state index contributed by atoms with van der Waals surface area (Å²) in [6.45, 7) is 6.58. The van der Waals surface area contributed by atoms with E-state index in [2.05, 4.69) is 67.6 Å². The average Bonchev–Trinajstić information content (AvgIpc) is 2.68. The molecule has 4 nitrogen and oxygen atoms in total. The van der Waals surface area contributed by atoms with Gasteiger partial charge < -0.3 is 19.4 Å². The van der Waals surface area contributed by atoms with E-state index in [1.54, 1.807) is 0 Å². The molecule has 0 unspecified atom stereocenters. The summed E-state index contributed by atoms with van der Waals surface area (Å²) in [5, 5.41) is 23.3. The van der Waals surface area contributed by atoms with Crippen molar-refractivity contribution in [2.75, 3.05) is 4.43 Å². The molecule has 2 aromatic carbocycles. The minimum atomic E-state index is -2.79. The highest BCUT2D eigenvalue weighted by atomic mass is 127. The number of halogens is 1. The van der Waals surface area contributed by atoms with E-state index in [1.165, 1.54) is 0 Å². The van der Waals surface area contributed by atoms with E-state index < -0.39 is 26.8 Å². The molecule has 152 valence electrons. The highest BCUT2D eigenvalue weighted by Gasteiger charge is 2.53. The van der Waals surface area contributed by atoms with Gasteiger partial charge in [0, 0.05) is 10.8 Å². The molecule has 0 amide bonds. The van der Waals surface area contributed by atoms with Gasteiger partial charge >= 0.3 is 0 Å². The molecule has 1 aliphatic rings. The molecular formula is C22H29IO4Si. The fraction of sp³-hybridized carbons (Fsp3) is 0.455. The maximum Gasteiger partial charge on any atom is 0.261 e. The van der Waals surface area contributed by atoms with Gasteiger partial charge in [-0.1, -0.05) is 104 Å². The highest BCUT2D eigenvalue weighted by molar-refractivity contribution is 14.1. The molecule has 28 heavy (non-hydrogen) atoms. The summed E-state index contributed by atoms with van der Waals surface area (Å²) in [4.78, 5) is 0. The summed E-state index contributed by atoms with van der Waals surface area (Å²) in [6.07, 6.45) is -2.29. The first-order valence-corrected chi connectivity index (χ1v) is 13.1. The fourth-order valence-corrected chi connectivity index (χ4v) is 9.50. The van der Waals surface area contributed by atoms with Crippen molar-refractivity contribution in [2.45, 2.75) is 56.8 Å². The predicted molar refractivity (Wildman–Crippen MR) is 123 cm³/mol. The van der Waals surface area contributed by atoms with Crippen LogP contribution in [0.5, 0.6) is 0 Å². The van der Waals surface area contributed by atoms with Crippen LogP contribution in [0.25, 0.3) is 0 Å². The Labute approximate surface area is 182 Å². The van der Waals surface area contributed by atoms with Crippen molar-refractivity contribution in [1.82, 2.24) is 0 Å². The minimum absolute atomic E-state index is 0.194. The fourth-order valence-electron chi connectivity index (χ4n) is 4.03. The topological polar surface area (TPSA) is 58.9 Å². The van der Waals surface area contributed by atoms with Gasteiger partial charge in [-0.2, -0.15) is 0 Å². The Hall–Kier alpha value is -0.773. The summed E-state index contributed by atoms with van der Waals surface area (Å²) in [5.41, 5.74) is 0. The number of hydrogen-bond donors (Lipinski definition) is 2. The quantitative estimate of drug-likeness (QED) is 0.368. The lowest BCUT2D eigenvalue weighted by molar-refractivity contribution is -0.234. The van der Waals surface area contributed by atoms with Gasteiger partial charge in [0.2, 0.25) is 0 Å². The second-order valence-electron chi connectivity index (χ2n) is 8.34. The Morgan fingerprint density at radius 2 is 1.50 bits per heavy atom. The van der Waals surface area contributed by atoms with Gasteiger partial charge in [-0.15, -0.1) is 0 Å². The number of aliphatic hydroxyl groups is 2. The van der Waals surface area contributed by atoms with Crippen LogP contribution in [0.1, 0.15) is 27.2 Å². The maximum absolute atomic E-state index is 10.7. The molecule has 1 fully saturated rings. The number of aliphatic hydroxyl groups excluding tert-OH is 2. The number of hydrogen-bond acceptors (Lipinski definition) is 4. The molecule has 3 rings (SSSR count). The molecule has 0 aromatic heterocycles. The zero-order valence-electron chi connectivity index (χ0n) is 16.6. The second kappa shape index (κ2) is 8.93. The van der Waals surface area contributed by atoms with E-state index in [-0.39, 0.29) is 11.1 Å². The van der Waals surface area contributed by atoms with E-state index in [9.17, 15) is 10.2 Å². The van der Waals surface area contributed by atoms with Gasteiger partial charge in [0.1, 0.15) is 0 Å². The zero-order chi connectivity index (χ0) is 20.4. The molecular weight excluding hydrogens is 483 g/mol. The molecule has 1 heterocycles. The Balaban J connectivity index is 2.09. The number of rotatable bonds is 5. The molecule has 0 radical (unpaired) electrons. The van der Waals surface area contributed by atoms with Crippen LogP contribution in [0.2, 0.25) is 5.04 Å². The van der Waals surface area contributed by atoms with Crippen molar-refractivity contribution in [3.05, 3.63) is 60.7 Å². The monoisotopic (exact) mass is 512 g/mol. The molecule has 0 aliphatic carbocycles. The third kappa shape index (κ3) is 4.22. The van der Waals surface area contributed by atoms with E-state index in [0.717, 1.165) is 10.4 Å². The Kier molecular flexibility index (Phi) is 6.99. The Morgan fingerprint density at radius 3 is 1.93 bits per heavy atom. The Morgan fingerprint density at radius 1 is 1.00 bits per heavy atom. The highest BCUT2D eigenvalue weighted by Crippen LogP contribution is 2.39. The predicted octanol–water partition coefficient (Wildman–Crippen LogP) is 2.83. The largest absolute Gasteiger partial charge is 0.399 e. The van der Waals surface area contributed by atoms with E-state index in [1.807, 2.05) is 36.4 Å². The molecule has 0 saturated carbocycles. The SMILES string of the molecule is CC(C)(C)[Si](O[C@H]1C[C@H](O)[C@@H](CI)O[C@@H]1O)(c1ccccc1)c1ccccc1. The van der Waals surface area contributed by atoms with Crippen LogP contribution in [0.3, 0.4) is 0 Å². The maximum atomic E-state index is 10.7. The third-order valence-electron chi connectivity index (χ3n) is 5.43. The van der Waals surface area contributed by atoms with Crippen LogP contribution in [-0.2, 0) is 9.16 Å². The first-order valence-electron chi connectivity index (χ1n) is 9.66. The summed E-state index contributed by atoms with van der Waals surface area (Å²) in [5.74, 6) is 0. The standard InChI is InChI=1S/C22H29IO4Si/c1-22(2,3)28(16-10-6-4-7-11-16,17-12-8-5-9-13-17)27-19-14-18(24)20(15-23)26-21(19)25/h4-13,18-21,24-25H,14-15H2,1-3H3/t18-,19-,20+,21-/m0/s1. The minimum Gasteiger partial charge on any atom is -0.399 e. The van der Waals surface area contributed by atoms with E-state index in [4.69, 9.17) is 9.16 Å². The first-order chi connectivity index (χ1) is 13.3. The van der Waals surface area contributed by atoms with Crippen molar-refractivity contribution in [1.29, 1.82) is 0 Å². The van der Waals surface area contributed by atoms with Gasteiger partial charge in [0.25, 0.3) is 8.32 Å². The van der Waals surface area contributed by atoms with Gasteiger partial charge in [0.05, 0.1) is 18.3 Å². The van der Waals surface area contributed by atoms with Crippen molar-refractivity contribution < 1.29 is 19.4 Å². The van der Waals surface area contributed by atoms with Crippen LogP contribution in [0, 0.1) is 0 Å². The third-order valence-corrected chi connectivity index (χ3v) is 11.4. The first kappa shape index (κ1) is 21.9. The van der Waals surface area contributed by atoms with Gasteiger partial charge in [-0.25, -0.2) is 0 Å². The molecule has 2 aromatic rings. The van der Waals surface area contributed by atoms with Crippen molar-refractivity contribution in [3.8, 4) is 0 Å². The van der Waals surface area contributed by atoms with E-state index >= 15 is 0 Å². The molecule has 0 bridgehead atoms. The van der Waals surface area contributed by atoms with Crippen molar-refractivity contribution in [3.63, 3.8) is 0 Å². The zero-order valence-corrected chi connectivity index (χ0v) is 19.7. The van der Waals surface area contributed by atoms with E-state index in [0.29, 0.717) is 10.8 Å². The number of ether oxygens (including phenoxy) is 1.